The Kier molecular flexibility index (Phi) is 8.31. The van der Waals surface area contributed by atoms with E-state index in [9.17, 15) is 0 Å². The molecule has 0 aliphatic rings. The van der Waals surface area contributed by atoms with Gasteiger partial charge in [0.1, 0.15) is 5.75 Å². The fourth-order valence-corrected chi connectivity index (χ4v) is 2.05. The predicted octanol–water partition coefficient (Wildman–Crippen LogP) is 3.42. The van der Waals surface area contributed by atoms with E-state index in [1.54, 1.807) is 0 Å². The number of nitrogens with one attached hydrogen (secondary N) is 1. The first kappa shape index (κ1) is 17.0. The summed E-state index contributed by atoms with van der Waals surface area (Å²) in [5.41, 5.74) is 2.50. The average molecular weight is 279 g/mol. The van der Waals surface area contributed by atoms with Gasteiger partial charge in [0, 0.05) is 24.8 Å². The van der Waals surface area contributed by atoms with Crippen molar-refractivity contribution < 1.29 is 9.84 Å². The van der Waals surface area contributed by atoms with Gasteiger partial charge in [-0.2, -0.15) is 0 Å². The van der Waals surface area contributed by atoms with Crippen LogP contribution in [-0.2, 0) is 6.54 Å². The average Bonchev–Trinajstić information content (AvgIpc) is 2.42. The van der Waals surface area contributed by atoms with E-state index in [1.165, 1.54) is 11.1 Å². The maximum absolute atomic E-state index is 8.73. The van der Waals surface area contributed by atoms with Crippen LogP contribution >= 0.6 is 0 Å². The molecule has 1 aromatic rings. The third kappa shape index (κ3) is 6.92. The Balaban J connectivity index is 2.43. The lowest BCUT2D eigenvalue weighted by molar-refractivity contribution is 0.272. The molecule has 0 saturated heterocycles. The summed E-state index contributed by atoms with van der Waals surface area (Å²) in [5.74, 6) is 0.992. The highest BCUT2D eigenvalue weighted by molar-refractivity contribution is 5.36. The molecule has 0 saturated carbocycles. The Labute approximate surface area is 123 Å². The number of aliphatic hydroxyl groups is 1. The van der Waals surface area contributed by atoms with Gasteiger partial charge >= 0.3 is 0 Å². The van der Waals surface area contributed by atoms with Crippen molar-refractivity contribution >= 4 is 0 Å². The SMILES string of the molecule is Cc1ccc(OCCCCCCO)c(CNC(C)C)c1. The van der Waals surface area contributed by atoms with Crippen molar-refractivity contribution in [3.05, 3.63) is 29.3 Å². The van der Waals surface area contributed by atoms with Gasteiger partial charge in [0.05, 0.1) is 6.61 Å². The van der Waals surface area contributed by atoms with Crippen molar-refractivity contribution in [3.8, 4) is 5.75 Å². The van der Waals surface area contributed by atoms with Crippen molar-refractivity contribution in [2.45, 2.75) is 59.0 Å². The first-order valence-corrected chi connectivity index (χ1v) is 7.70. The molecule has 2 N–H and O–H groups in total. The van der Waals surface area contributed by atoms with Gasteiger partial charge in [0.15, 0.2) is 0 Å². The van der Waals surface area contributed by atoms with Crippen LogP contribution < -0.4 is 10.1 Å². The van der Waals surface area contributed by atoms with E-state index in [4.69, 9.17) is 9.84 Å². The molecule has 0 radical (unpaired) electrons. The van der Waals surface area contributed by atoms with Crippen molar-refractivity contribution in [1.29, 1.82) is 0 Å². The van der Waals surface area contributed by atoms with Crippen LogP contribution in [0.15, 0.2) is 18.2 Å². The second-order valence-electron chi connectivity index (χ2n) is 5.63. The lowest BCUT2D eigenvalue weighted by atomic mass is 10.1. The molecule has 0 aliphatic heterocycles. The third-order valence-electron chi connectivity index (χ3n) is 3.23. The quantitative estimate of drug-likeness (QED) is 0.645. The molecule has 0 unspecified atom stereocenters. The Morgan fingerprint density at radius 2 is 1.90 bits per heavy atom. The minimum atomic E-state index is 0.295. The van der Waals surface area contributed by atoms with Gasteiger partial charge in [-0.15, -0.1) is 0 Å². The van der Waals surface area contributed by atoms with E-state index >= 15 is 0 Å². The molecule has 3 heteroatoms. The van der Waals surface area contributed by atoms with E-state index in [-0.39, 0.29) is 0 Å². The number of aliphatic hydroxyl groups excluding tert-OH is 1. The fraction of sp³-hybridized carbons (Fsp3) is 0.647. The minimum absolute atomic E-state index is 0.295. The molecule has 1 aromatic carbocycles. The molecule has 3 nitrogen and oxygen atoms in total. The molecule has 1 rings (SSSR count). The van der Waals surface area contributed by atoms with Gasteiger partial charge in [-0.25, -0.2) is 0 Å². The molecule has 0 aromatic heterocycles. The number of unbranched alkanes of at least 4 members (excludes halogenated alkanes) is 3. The summed E-state index contributed by atoms with van der Waals surface area (Å²) < 4.78 is 5.90. The zero-order valence-corrected chi connectivity index (χ0v) is 13.1. The highest BCUT2D eigenvalue weighted by Crippen LogP contribution is 2.20. The van der Waals surface area contributed by atoms with Gasteiger partial charge in [-0.05, 0) is 32.3 Å². The lowest BCUT2D eigenvalue weighted by Crippen LogP contribution is -2.22. The topological polar surface area (TPSA) is 41.5 Å². The first-order chi connectivity index (χ1) is 9.63. The van der Waals surface area contributed by atoms with E-state index in [1.807, 2.05) is 0 Å². The predicted molar refractivity (Wildman–Crippen MR) is 84.2 cm³/mol. The van der Waals surface area contributed by atoms with E-state index in [0.29, 0.717) is 12.6 Å². The molecule has 0 spiro atoms. The number of hydrogen-bond donors (Lipinski definition) is 2. The summed E-state index contributed by atoms with van der Waals surface area (Å²) in [4.78, 5) is 0. The molecule has 0 fully saturated rings. The van der Waals surface area contributed by atoms with E-state index in [0.717, 1.165) is 44.6 Å². The van der Waals surface area contributed by atoms with E-state index < -0.39 is 0 Å². The van der Waals surface area contributed by atoms with Crippen LogP contribution in [-0.4, -0.2) is 24.4 Å². The van der Waals surface area contributed by atoms with Crippen LogP contribution in [0.3, 0.4) is 0 Å². The largest absolute Gasteiger partial charge is 0.493 e. The summed E-state index contributed by atoms with van der Waals surface area (Å²) >= 11 is 0. The van der Waals surface area contributed by atoms with Crippen LogP contribution in [0, 0.1) is 6.92 Å². The Bertz CT molecular complexity index is 377. The summed E-state index contributed by atoms with van der Waals surface area (Å²) in [6.07, 6.45) is 4.14. The highest BCUT2D eigenvalue weighted by Gasteiger charge is 2.05. The molecule has 114 valence electrons. The van der Waals surface area contributed by atoms with Crippen LogP contribution in [0.25, 0.3) is 0 Å². The van der Waals surface area contributed by atoms with Crippen molar-refractivity contribution in [2.75, 3.05) is 13.2 Å². The lowest BCUT2D eigenvalue weighted by Gasteiger charge is -2.14. The molecule has 0 atom stereocenters. The smallest absolute Gasteiger partial charge is 0.123 e. The molecule has 20 heavy (non-hydrogen) atoms. The Morgan fingerprint density at radius 3 is 2.60 bits per heavy atom. The number of rotatable bonds is 10. The summed E-state index contributed by atoms with van der Waals surface area (Å²) in [7, 11) is 0. The van der Waals surface area contributed by atoms with Gasteiger partial charge in [-0.1, -0.05) is 38.0 Å². The van der Waals surface area contributed by atoms with Crippen molar-refractivity contribution in [2.24, 2.45) is 0 Å². The van der Waals surface area contributed by atoms with Crippen molar-refractivity contribution in [3.63, 3.8) is 0 Å². The summed E-state index contributed by atoms with van der Waals surface area (Å²) in [6.45, 7) is 8.30. The number of ether oxygens (including phenoxy) is 1. The Hall–Kier alpha value is -1.06. The number of hydrogen-bond acceptors (Lipinski definition) is 3. The second kappa shape index (κ2) is 9.78. The highest BCUT2D eigenvalue weighted by atomic mass is 16.5. The van der Waals surface area contributed by atoms with Gasteiger partial charge in [0.25, 0.3) is 0 Å². The fourth-order valence-electron chi connectivity index (χ4n) is 2.05. The minimum Gasteiger partial charge on any atom is -0.493 e. The molecular formula is C17H29NO2. The van der Waals surface area contributed by atoms with Crippen LogP contribution in [0.1, 0.15) is 50.7 Å². The number of aryl methyl sites for hydroxylation is 1. The summed E-state index contributed by atoms with van der Waals surface area (Å²) in [5, 5.41) is 12.2. The zero-order chi connectivity index (χ0) is 14.8. The normalized spacial score (nSPS) is 11.1. The van der Waals surface area contributed by atoms with Crippen LogP contribution in [0.2, 0.25) is 0 Å². The molecule has 0 heterocycles. The second-order valence-corrected chi connectivity index (χ2v) is 5.63. The molecule has 0 aliphatic carbocycles. The maximum Gasteiger partial charge on any atom is 0.123 e. The van der Waals surface area contributed by atoms with E-state index in [2.05, 4.69) is 44.3 Å². The molecule has 0 amide bonds. The van der Waals surface area contributed by atoms with Crippen molar-refractivity contribution in [1.82, 2.24) is 5.32 Å². The standard InChI is InChI=1S/C17H29NO2/c1-14(2)18-13-16-12-15(3)8-9-17(16)20-11-7-5-4-6-10-19/h8-9,12,14,18-19H,4-7,10-11,13H2,1-3H3. The monoisotopic (exact) mass is 279 g/mol. The first-order valence-electron chi connectivity index (χ1n) is 7.70. The third-order valence-corrected chi connectivity index (χ3v) is 3.23. The number of benzene rings is 1. The molecule has 0 bridgehead atoms. The Morgan fingerprint density at radius 1 is 1.15 bits per heavy atom. The maximum atomic E-state index is 8.73. The zero-order valence-electron chi connectivity index (χ0n) is 13.1. The van der Waals surface area contributed by atoms with Gasteiger partial charge < -0.3 is 15.2 Å². The van der Waals surface area contributed by atoms with Gasteiger partial charge in [0.2, 0.25) is 0 Å². The van der Waals surface area contributed by atoms with Crippen LogP contribution in [0.5, 0.6) is 5.75 Å². The van der Waals surface area contributed by atoms with Crippen LogP contribution in [0.4, 0.5) is 0 Å². The summed E-state index contributed by atoms with van der Waals surface area (Å²) in [6, 6.07) is 6.83. The van der Waals surface area contributed by atoms with Gasteiger partial charge in [-0.3, -0.25) is 0 Å². The molecular weight excluding hydrogens is 250 g/mol.